The van der Waals surface area contributed by atoms with Gasteiger partial charge in [-0.1, -0.05) is 24.3 Å². The van der Waals surface area contributed by atoms with Crippen LogP contribution < -0.4 is 15.5 Å². The maximum absolute atomic E-state index is 11.7. The van der Waals surface area contributed by atoms with E-state index < -0.39 is 0 Å². The van der Waals surface area contributed by atoms with Gasteiger partial charge < -0.3 is 15.5 Å². The molecule has 2 N–H and O–H groups in total. The molecule has 5 heteroatoms. The van der Waals surface area contributed by atoms with Crippen molar-refractivity contribution in [3.8, 4) is 0 Å². The van der Waals surface area contributed by atoms with Crippen LogP contribution in [0.1, 0.15) is 25.3 Å². The summed E-state index contributed by atoms with van der Waals surface area (Å²) < 4.78 is 0. The molecule has 112 valence electrons. The Hall–Kier alpha value is -1.88. The molecule has 0 radical (unpaired) electrons. The number of carbonyl (C=O) groups is 1. The van der Waals surface area contributed by atoms with Crippen LogP contribution in [0.25, 0.3) is 0 Å². The lowest BCUT2D eigenvalue weighted by atomic mass is 10.2. The number of benzene rings is 1. The van der Waals surface area contributed by atoms with Crippen molar-refractivity contribution < 1.29 is 4.79 Å². The summed E-state index contributed by atoms with van der Waals surface area (Å²) in [6, 6.07) is 8.03. The minimum absolute atomic E-state index is 0.214. The molecule has 0 bridgehead atoms. The molecule has 0 atom stereocenters. The van der Waals surface area contributed by atoms with Crippen molar-refractivity contribution in [2.45, 2.75) is 26.3 Å². The molecule has 1 aliphatic heterocycles. The van der Waals surface area contributed by atoms with Crippen LogP contribution in [-0.2, 0) is 11.3 Å². The first-order chi connectivity index (χ1) is 10.1. The largest absolute Gasteiger partial charge is 0.359 e. The summed E-state index contributed by atoms with van der Waals surface area (Å²) in [5.41, 5.74) is 3.15. The average molecular weight is 303 g/mol. The number of amides is 1. The van der Waals surface area contributed by atoms with Gasteiger partial charge in [0.2, 0.25) is 5.91 Å². The van der Waals surface area contributed by atoms with Gasteiger partial charge in [-0.15, -0.1) is 0 Å². The zero-order valence-electron chi connectivity index (χ0n) is 12.3. The molecule has 1 heterocycles. The molecule has 0 aromatic heterocycles. The second-order valence-electron chi connectivity index (χ2n) is 5.31. The fourth-order valence-corrected chi connectivity index (χ4v) is 2.34. The van der Waals surface area contributed by atoms with E-state index in [9.17, 15) is 4.79 Å². The van der Waals surface area contributed by atoms with E-state index in [1.54, 1.807) is 0 Å². The standard InChI is InChI=1S/C16H21N3OS/c1-12(2)10-17-16(21)18-11-13-5-7-14(8-6-13)19-9-3-4-15(19)20/h5-8H,1,3-4,9-11H2,2H3,(H2,17,18,21). The van der Waals surface area contributed by atoms with E-state index in [4.69, 9.17) is 12.2 Å². The summed E-state index contributed by atoms with van der Waals surface area (Å²) in [6.07, 6.45) is 1.61. The number of hydrogen-bond acceptors (Lipinski definition) is 2. The lowest BCUT2D eigenvalue weighted by molar-refractivity contribution is -0.117. The van der Waals surface area contributed by atoms with Crippen molar-refractivity contribution in [3.63, 3.8) is 0 Å². The summed E-state index contributed by atoms with van der Waals surface area (Å²) in [7, 11) is 0. The molecule has 1 aromatic rings. The monoisotopic (exact) mass is 303 g/mol. The summed E-state index contributed by atoms with van der Waals surface area (Å²) in [6.45, 7) is 7.94. The second kappa shape index (κ2) is 7.22. The quantitative estimate of drug-likeness (QED) is 0.647. The van der Waals surface area contributed by atoms with Crippen molar-refractivity contribution in [1.29, 1.82) is 0 Å². The van der Waals surface area contributed by atoms with Gasteiger partial charge >= 0.3 is 0 Å². The van der Waals surface area contributed by atoms with Crippen LogP contribution in [-0.4, -0.2) is 24.1 Å². The summed E-state index contributed by atoms with van der Waals surface area (Å²) in [5.74, 6) is 0.214. The molecule has 1 aliphatic rings. The highest BCUT2D eigenvalue weighted by Gasteiger charge is 2.21. The zero-order valence-corrected chi connectivity index (χ0v) is 13.1. The maximum atomic E-state index is 11.7. The van der Waals surface area contributed by atoms with Gasteiger partial charge in [-0.05, 0) is 43.3 Å². The Bertz CT molecular complexity index is 539. The van der Waals surface area contributed by atoms with E-state index >= 15 is 0 Å². The average Bonchev–Trinajstić information content (AvgIpc) is 2.89. The van der Waals surface area contributed by atoms with Crippen LogP contribution in [0, 0.1) is 0 Å². The number of nitrogens with one attached hydrogen (secondary N) is 2. The van der Waals surface area contributed by atoms with Crippen molar-refractivity contribution in [2.75, 3.05) is 18.0 Å². The third kappa shape index (κ3) is 4.56. The predicted molar refractivity (Wildman–Crippen MR) is 90.3 cm³/mol. The van der Waals surface area contributed by atoms with E-state index in [1.165, 1.54) is 0 Å². The van der Waals surface area contributed by atoms with Gasteiger partial charge in [0, 0.05) is 31.7 Å². The SMILES string of the molecule is C=C(C)CNC(=S)NCc1ccc(N2CCCC2=O)cc1. The Morgan fingerprint density at radius 3 is 2.62 bits per heavy atom. The number of hydrogen-bond donors (Lipinski definition) is 2. The third-order valence-electron chi connectivity index (χ3n) is 3.33. The van der Waals surface area contributed by atoms with Gasteiger partial charge in [0.15, 0.2) is 5.11 Å². The van der Waals surface area contributed by atoms with Gasteiger partial charge in [0.1, 0.15) is 0 Å². The number of thiocarbonyl (C=S) groups is 1. The molecule has 1 amide bonds. The van der Waals surface area contributed by atoms with Crippen molar-refractivity contribution in [2.24, 2.45) is 0 Å². The molecule has 1 saturated heterocycles. The van der Waals surface area contributed by atoms with Gasteiger partial charge in [0.25, 0.3) is 0 Å². The summed E-state index contributed by atoms with van der Waals surface area (Å²) in [4.78, 5) is 13.5. The first-order valence-electron chi connectivity index (χ1n) is 7.11. The first kappa shape index (κ1) is 15.5. The Morgan fingerprint density at radius 2 is 2.05 bits per heavy atom. The topological polar surface area (TPSA) is 44.4 Å². The van der Waals surface area contributed by atoms with Crippen molar-refractivity contribution in [1.82, 2.24) is 10.6 Å². The normalized spacial score (nSPS) is 14.1. The van der Waals surface area contributed by atoms with Crippen LogP contribution in [0.4, 0.5) is 5.69 Å². The number of anilines is 1. The second-order valence-corrected chi connectivity index (χ2v) is 5.72. The Kier molecular flexibility index (Phi) is 5.33. The van der Waals surface area contributed by atoms with Gasteiger partial charge in [-0.2, -0.15) is 0 Å². The van der Waals surface area contributed by atoms with Crippen LogP contribution in [0.15, 0.2) is 36.4 Å². The molecule has 2 rings (SSSR count). The minimum atomic E-state index is 0.214. The zero-order chi connectivity index (χ0) is 15.2. The van der Waals surface area contributed by atoms with Gasteiger partial charge in [-0.25, -0.2) is 0 Å². The molecular formula is C16H21N3OS. The summed E-state index contributed by atoms with van der Waals surface area (Å²) >= 11 is 5.18. The molecule has 1 aromatic carbocycles. The fraction of sp³-hybridized carbons (Fsp3) is 0.375. The molecule has 0 unspecified atom stereocenters. The maximum Gasteiger partial charge on any atom is 0.227 e. The molecule has 0 aliphatic carbocycles. The molecule has 1 fully saturated rings. The first-order valence-corrected chi connectivity index (χ1v) is 7.52. The molecular weight excluding hydrogens is 282 g/mol. The van der Waals surface area contributed by atoms with E-state index in [2.05, 4.69) is 17.2 Å². The van der Waals surface area contributed by atoms with E-state index in [0.717, 1.165) is 29.8 Å². The molecule has 21 heavy (non-hydrogen) atoms. The summed E-state index contributed by atoms with van der Waals surface area (Å²) in [5, 5.41) is 6.85. The van der Waals surface area contributed by atoms with Crippen LogP contribution in [0.2, 0.25) is 0 Å². The fourth-order valence-electron chi connectivity index (χ4n) is 2.19. The third-order valence-corrected chi connectivity index (χ3v) is 3.61. The van der Waals surface area contributed by atoms with Gasteiger partial charge in [0.05, 0.1) is 0 Å². The number of nitrogens with zero attached hydrogens (tertiary/aromatic N) is 1. The highest BCUT2D eigenvalue weighted by atomic mass is 32.1. The van der Waals surface area contributed by atoms with Crippen molar-refractivity contribution >= 4 is 28.9 Å². The number of rotatable bonds is 5. The van der Waals surface area contributed by atoms with E-state index in [0.29, 0.717) is 24.6 Å². The van der Waals surface area contributed by atoms with Crippen LogP contribution >= 0.6 is 12.2 Å². The number of carbonyl (C=O) groups excluding carboxylic acids is 1. The Balaban J connectivity index is 1.83. The Morgan fingerprint density at radius 1 is 1.33 bits per heavy atom. The van der Waals surface area contributed by atoms with E-state index in [-0.39, 0.29) is 5.91 Å². The molecule has 0 spiro atoms. The minimum Gasteiger partial charge on any atom is -0.359 e. The molecule has 4 nitrogen and oxygen atoms in total. The van der Waals surface area contributed by atoms with Crippen LogP contribution in [0.3, 0.4) is 0 Å². The van der Waals surface area contributed by atoms with Gasteiger partial charge in [-0.3, -0.25) is 4.79 Å². The van der Waals surface area contributed by atoms with Crippen LogP contribution in [0.5, 0.6) is 0 Å². The lowest BCUT2D eigenvalue weighted by Crippen LogP contribution is -2.35. The molecule has 0 saturated carbocycles. The lowest BCUT2D eigenvalue weighted by Gasteiger charge is -2.16. The van der Waals surface area contributed by atoms with Crippen molar-refractivity contribution in [3.05, 3.63) is 42.0 Å². The highest BCUT2D eigenvalue weighted by molar-refractivity contribution is 7.80. The predicted octanol–water partition coefficient (Wildman–Crippen LogP) is 2.35. The highest BCUT2D eigenvalue weighted by Crippen LogP contribution is 2.21. The van der Waals surface area contributed by atoms with E-state index in [1.807, 2.05) is 36.1 Å². The smallest absolute Gasteiger partial charge is 0.227 e. The Labute approximate surface area is 131 Å².